The van der Waals surface area contributed by atoms with Crippen LogP contribution in [0.25, 0.3) is 11.1 Å². The van der Waals surface area contributed by atoms with Gasteiger partial charge in [-0.25, -0.2) is 0 Å². The fourth-order valence-corrected chi connectivity index (χ4v) is 2.08. The van der Waals surface area contributed by atoms with E-state index in [4.69, 9.17) is 5.11 Å². The number of nitriles is 1. The summed E-state index contributed by atoms with van der Waals surface area (Å²) in [4.78, 5) is 12.3. The highest BCUT2D eigenvalue weighted by Gasteiger charge is 2.15. The fourth-order valence-electron chi connectivity index (χ4n) is 2.08. The molecule has 0 aliphatic rings. The molecule has 0 bridgehead atoms. The van der Waals surface area contributed by atoms with Crippen molar-refractivity contribution in [2.75, 3.05) is 6.61 Å². The van der Waals surface area contributed by atoms with Gasteiger partial charge in [0.2, 0.25) is 0 Å². The van der Waals surface area contributed by atoms with Gasteiger partial charge in [-0.3, -0.25) is 4.79 Å². The van der Waals surface area contributed by atoms with Crippen molar-refractivity contribution in [2.45, 2.75) is 13.0 Å². The number of hydrogen-bond acceptors (Lipinski definition) is 3. The van der Waals surface area contributed by atoms with Crippen LogP contribution < -0.4 is 5.32 Å². The van der Waals surface area contributed by atoms with Crippen molar-refractivity contribution in [2.24, 2.45) is 0 Å². The van der Waals surface area contributed by atoms with Crippen LogP contribution in [0.3, 0.4) is 0 Å². The first kappa shape index (κ1) is 14.8. The summed E-state index contributed by atoms with van der Waals surface area (Å²) in [6, 6.07) is 16.1. The zero-order valence-electron chi connectivity index (χ0n) is 11.7. The third kappa shape index (κ3) is 3.28. The number of aliphatic hydroxyl groups excluding tert-OH is 1. The van der Waals surface area contributed by atoms with Gasteiger partial charge < -0.3 is 10.4 Å². The van der Waals surface area contributed by atoms with Crippen LogP contribution in [0.5, 0.6) is 0 Å². The van der Waals surface area contributed by atoms with Crippen LogP contribution in [-0.4, -0.2) is 23.7 Å². The summed E-state index contributed by atoms with van der Waals surface area (Å²) in [6.07, 6.45) is 0. The van der Waals surface area contributed by atoms with Gasteiger partial charge >= 0.3 is 0 Å². The smallest absolute Gasteiger partial charge is 0.252 e. The van der Waals surface area contributed by atoms with E-state index < -0.39 is 0 Å². The SMILES string of the molecule is CC(CO)NC(=O)c1ccccc1-c1ccccc1C#N. The number of aliphatic hydroxyl groups is 1. The molecule has 0 saturated heterocycles. The maximum atomic E-state index is 12.3. The quantitative estimate of drug-likeness (QED) is 0.902. The van der Waals surface area contributed by atoms with Crippen molar-refractivity contribution in [1.82, 2.24) is 5.32 Å². The standard InChI is InChI=1S/C17H16N2O2/c1-12(11-20)19-17(21)16-9-5-4-8-15(16)14-7-3-2-6-13(14)10-18/h2-9,12,20H,11H2,1H3,(H,19,21). The maximum Gasteiger partial charge on any atom is 0.252 e. The molecule has 0 saturated carbocycles. The Bertz CT molecular complexity index is 689. The van der Waals surface area contributed by atoms with Gasteiger partial charge in [-0.1, -0.05) is 36.4 Å². The predicted molar refractivity (Wildman–Crippen MR) is 80.6 cm³/mol. The predicted octanol–water partition coefficient (Wildman–Crippen LogP) is 2.34. The lowest BCUT2D eigenvalue weighted by Gasteiger charge is -2.14. The van der Waals surface area contributed by atoms with Crippen molar-refractivity contribution in [1.29, 1.82) is 5.26 Å². The lowest BCUT2D eigenvalue weighted by molar-refractivity contribution is 0.0923. The molecule has 1 amide bonds. The molecular weight excluding hydrogens is 264 g/mol. The largest absolute Gasteiger partial charge is 0.394 e. The van der Waals surface area contributed by atoms with Crippen molar-refractivity contribution in [3.63, 3.8) is 0 Å². The van der Waals surface area contributed by atoms with Crippen LogP contribution in [0.15, 0.2) is 48.5 Å². The molecule has 106 valence electrons. The third-order valence-electron chi connectivity index (χ3n) is 3.16. The molecule has 0 spiro atoms. The Morgan fingerprint density at radius 2 is 1.81 bits per heavy atom. The molecule has 0 fully saturated rings. The molecule has 4 nitrogen and oxygen atoms in total. The van der Waals surface area contributed by atoms with Crippen molar-refractivity contribution in [3.8, 4) is 17.2 Å². The molecule has 2 aromatic rings. The lowest BCUT2D eigenvalue weighted by Crippen LogP contribution is -2.35. The Kier molecular flexibility index (Phi) is 4.70. The first-order valence-electron chi connectivity index (χ1n) is 6.67. The first-order valence-corrected chi connectivity index (χ1v) is 6.67. The zero-order chi connectivity index (χ0) is 15.2. The second-order valence-corrected chi connectivity index (χ2v) is 4.76. The molecule has 0 radical (unpaired) electrons. The molecular formula is C17H16N2O2. The minimum atomic E-state index is -0.322. The van der Waals surface area contributed by atoms with E-state index in [2.05, 4.69) is 11.4 Å². The normalized spacial score (nSPS) is 11.5. The highest BCUT2D eigenvalue weighted by molar-refractivity contribution is 6.01. The minimum absolute atomic E-state index is 0.122. The van der Waals surface area contributed by atoms with E-state index in [1.807, 2.05) is 24.3 Å². The van der Waals surface area contributed by atoms with Gasteiger partial charge in [0.05, 0.1) is 18.2 Å². The summed E-state index contributed by atoms with van der Waals surface area (Å²) in [6.45, 7) is 1.60. The molecule has 2 rings (SSSR count). The van der Waals surface area contributed by atoms with E-state index in [1.54, 1.807) is 31.2 Å². The topological polar surface area (TPSA) is 73.1 Å². The Balaban J connectivity index is 2.47. The highest BCUT2D eigenvalue weighted by Crippen LogP contribution is 2.26. The van der Waals surface area contributed by atoms with Gasteiger partial charge in [0.25, 0.3) is 5.91 Å². The van der Waals surface area contributed by atoms with Crippen LogP contribution in [0, 0.1) is 11.3 Å². The number of nitrogens with one attached hydrogen (secondary N) is 1. The monoisotopic (exact) mass is 280 g/mol. The van der Waals surface area contributed by atoms with Crippen molar-refractivity contribution in [3.05, 3.63) is 59.7 Å². The number of nitrogens with zero attached hydrogens (tertiary/aromatic N) is 1. The number of hydrogen-bond donors (Lipinski definition) is 2. The number of amides is 1. The number of benzene rings is 2. The molecule has 0 aliphatic heterocycles. The van der Waals surface area contributed by atoms with E-state index in [-0.39, 0.29) is 18.6 Å². The number of rotatable bonds is 4. The third-order valence-corrected chi connectivity index (χ3v) is 3.16. The maximum absolute atomic E-state index is 12.3. The molecule has 2 N–H and O–H groups in total. The van der Waals surface area contributed by atoms with Gasteiger partial charge in [-0.15, -0.1) is 0 Å². The number of carbonyl (C=O) groups is 1. The molecule has 1 atom stereocenters. The summed E-state index contributed by atoms with van der Waals surface area (Å²) in [5, 5.41) is 21.0. The summed E-state index contributed by atoms with van der Waals surface area (Å²) in [7, 11) is 0. The van der Waals surface area contributed by atoms with Gasteiger partial charge in [0.1, 0.15) is 0 Å². The van der Waals surface area contributed by atoms with Gasteiger partial charge in [-0.05, 0) is 24.6 Å². The second kappa shape index (κ2) is 6.69. The molecule has 0 aliphatic carbocycles. The second-order valence-electron chi connectivity index (χ2n) is 4.76. The van der Waals surface area contributed by atoms with Crippen LogP contribution in [0.2, 0.25) is 0 Å². The molecule has 0 heterocycles. The minimum Gasteiger partial charge on any atom is -0.394 e. The molecule has 4 heteroatoms. The van der Waals surface area contributed by atoms with Crippen molar-refractivity contribution < 1.29 is 9.90 Å². The van der Waals surface area contributed by atoms with Gasteiger partial charge in [0.15, 0.2) is 0 Å². The average molecular weight is 280 g/mol. The Hall–Kier alpha value is -2.64. The summed E-state index contributed by atoms with van der Waals surface area (Å²) < 4.78 is 0. The van der Waals surface area contributed by atoms with E-state index in [1.165, 1.54) is 0 Å². The number of carbonyl (C=O) groups excluding carboxylic acids is 1. The van der Waals surface area contributed by atoms with Crippen LogP contribution >= 0.6 is 0 Å². The summed E-state index contributed by atoms with van der Waals surface area (Å²) in [5.74, 6) is -0.264. The highest BCUT2D eigenvalue weighted by atomic mass is 16.3. The summed E-state index contributed by atoms with van der Waals surface area (Å²) in [5.41, 5.74) is 2.44. The fraction of sp³-hybridized carbons (Fsp3) is 0.176. The summed E-state index contributed by atoms with van der Waals surface area (Å²) >= 11 is 0. The van der Waals surface area contributed by atoms with E-state index in [0.29, 0.717) is 16.7 Å². The zero-order valence-corrected chi connectivity index (χ0v) is 11.7. The average Bonchev–Trinajstić information content (AvgIpc) is 2.54. The Morgan fingerprint density at radius 3 is 2.48 bits per heavy atom. The first-order chi connectivity index (χ1) is 10.2. The van der Waals surface area contributed by atoms with E-state index in [9.17, 15) is 10.1 Å². The van der Waals surface area contributed by atoms with E-state index >= 15 is 0 Å². The van der Waals surface area contributed by atoms with Crippen molar-refractivity contribution >= 4 is 5.91 Å². The molecule has 21 heavy (non-hydrogen) atoms. The molecule has 2 aromatic carbocycles. The van der Waals surface area contributed by atoms with E-state index in [0.717, 1.165) is 5.56 Å². The van der Waals surface area contributed by atoms with Crippen LogP contribution in [0.4, 0.5) is 0 Å². The molecule has 1 unspecified atom stereocenters. The van der Waals surface area contributed by atoms with Gasteiger partial charge in [-0.2, -0.15) is 5.26 Å². The van der Waals surface area contributed by atoms with Gasteiger partial charge in [0, 0.05) is 17.2 Å². The lowest BCUT2D eigenvalue weighted by atomic mass is 9.95. The van der Waals surface area contributed by atoms with Crippen LogP contribution in [0.1, 0.15) is 22.8 Å². The Labute approximate surface area is 123 Å². The molecule has 0 aromatic heterocycles. The van der Waals surface area contributed by atoms with Crippen LogP contribution in [-0.2, 0) is 0 Å². The Morgan fingerprint density at radius 1 is 1.19 bits per heavy atom.